The third-order valence-electron chi connectivity index (χ3n) is 2.95. The molecule has 1 saturated heterocycles. The minimum absolute atomic E-state index is 0.320. The van der Waals surface area contributed by atoms with E-state index in [0.717, 1.165) is 28.9 Å². The molecule has 1 atom stereocenters. The van der Waals surface area contributed by atoms with Crippen molar-refractivity contribution in [3.8, 4) is 0 Å². The molecular weight excluding hydrogens is 268 g/mol. The lowest BCUT2D eigenvalue weighted by molar-refractivity contribution is 0.397. The van der Waals surface area contributed by atoms with Crippen LogP contribution in [0.3, 0.4) is 0 Å². The summed E-state index contributed by atoms with van der Waals surface area (Å²) in [5, 5.41) is 7.97. The SMILES string of the molecule is Brc1cccn2nc(C3CCCCN3)nc12. The van der Waals surface area contributed by atoms with E-state index in [4.69, 9.17) is 0 Å². The van der Waals surface area contributed by atoms with Gasteiger partial charge in [-0.1, -0.05) is 6.42 Å². The van der Waals surface area contributed by atoms with Crippen LogP contribution in [0.1, 0.15) is 31.1 Å². The molecule has 3 heterocycles. The van der Waals surface area contributed by atoms with Gasteiger partial charge in [0.25, 0.3) is 0 Å². The summed E-state index contributed by atoms with van der Waals surface area (Å²) in [6.45, 7) is 1.07. The van der Waals surface area contributed by atoms with Crippen LogP contribution in [0.15, 0.2) is 22.8 Å². The monoisotopic (exact) mass is 280 g/mol. The van der Waals surface area contributed by atoms with Crippen molar-refractivity contribution in [2.45, 2.75) is 25.3 Å². The first-order chi connectivity index (χ1) is 7.84. The predicted octanol–water partition coefficient (Wildman–Crippen LogP) is 2.31. The summed E-state index contributed by atoms with van der Waals surface area (Å²) in [6, 6.07) is 4.27. The van der Waals surface area contributed by atoms with Crippen LogP contribution in [-0.4, -0.2) is 21.1 Å². The first-order valence-corrected chi connectivity index (χ1v) is 6.38. The number of hydrogen-bond donors (Lipinski definition) is 1. The average molecular weight is 281 g/mol. The normalized spacial score (nSPS) is 21.4. The molecule has 0 aromatic carbocycles. The quantitative estimate of drug-likeness (QED) is 0.872. The van der Waals surface area contributed by atoms with Crippen molar-refractivity contribution >= 4 is 21.6 Å². The van der Waals surface area contributed by atoms with E-state index in [1.807, 2.05) is 22.8 Å². The highest BCUT2D eigenvalue weighted by molar-refractivity contribution is 9.10. The Morgan fingerprint density at radius 3 is 3.12 bits per heavy atom. The van der Waals surface area contributed by atoms with Gasteiger partial charge in [-0.05, 0) is 47.4 Å². The number of nitrogens with one attached hydrogen (secondary N) is 1. The Kier molecular flexibility index (Phi) is 2.65. The Morgan fingerprint density at radius 1 is 1.44 bits per heavy atom. The van der Waals surface area contributed by atoms with E-state index in [0.29, 0.717) is 6.04 Å². The average Bonchev–Trinajstić information content (AvgIpc) is 2.76. The minimum Gasteiger partial charge on any atom is -0.307 e. The van der Waals surface area contributed by atoms with Gasteiger partial charge in [0.15, 0.2) is 11.5 Å². The number of nitrogens with zero attached hydrogens (tertiary/aromatic N) is 3. The number of hydrogen-bond acceptors (Lipinski definition) is 3. The highest BCUT2D eigenvalue weighted by atomic mass is 79.9. The predicted molar refractivity (Wildman–Crippen MR) is 65.3 cm³/mol. The minimum atomic E-state index is 0.320. The van der Waals surface area contributed by atoms with Crippen LogP contribution in [-0.2, 0) is 0 Å². The largest absolute Gasteiger partial charge is 0.307 e. The molecule has 1 fully saturated rings. The van der Waals surface area contributed by atoms with Gasteiger partial charge in [-0.3, -0.25) is 0 Å². The zero-order chi connectivity index (χ0) is 11.0. The van der Waals surface area contributed by atoms with Crippen LogP contribution in [0.2, 0.25) is 0 Å². The standard InChI is InChI=1S/C11H13BrN4/c12-8-4-3-7-16-11(8)14-10(15-16)9-5-1-2-6-13-9/h3-4,7,9,13H,1-2,5-6H2. The summed E-state index contributed by atoms with van der Waals surface area (Å²) in [5.41, 5.74) is 0.893. The van der Waals surface area contributed by atoms with Crippen LogP contribution < -0.4 is 5.32 Å². The molecule has 4 nitrogen and oxygen atoms in total. The topological polar surface area (TPSA) is 42.2 Å². The Bertz CT molecular complexity index is 502. The van der Waals surface area contributed by atoms with Crippen molar-refractivity contribution in [1.82, 2.24) is 19.9 Å². The van der Waals surface area contributed by atoms with Crippen LogP contribution in [0, 0.1) is 0 Å². The van der Waals surface area contributed by atoms with E-state index in [1.165, 1.54) is 12.8 Å². The summed E-state index contributed by atoms with van der Waals surface area (Å²) < 4.78 is 2.82. The Labute approximate surface area is 102 Å². The molecular formula is C11H13BrN4. The zero-order valence-corrected chi connectivity index (χ0v) is 10.4. The van der Waals surface area contributed by atoms with Crippen molar-refractivity contribution in [3.05, 3.63) is 28.6 Å². The Hall–Kier alpha value is -0.940. The van der Waals surface area contributed by atoms with Crippen molar-refractivity contribution in [3.63, 3.8) is 0 Å². The fraction of sp³-hybridized carbons (Fsp3) is 0.455. The van der Waals surface area contributed by atoms with E-state index < -0.39 is 0 Å². The maximum Gasteiger partial charge on any atom is 0.169 e. The molecule has 0 spiro atoms. The fourth-order valence-corrected chi connectivity index (χ4v) is 2.53. The van der Waals surface area contributed by atoms with Gasteiger partial charge in [-0.15, -0.1) is 5.10 Å². The first kappa shape index (κ1) is 10.2. The van der Waals surface area contributed by atoms with Crippen LogP contribution >= 0.6 is 15.9 Å². The fourth-order valence-electron chi connectivity index (χ4n) is 2.11. The molecule has 84 valence electrons. The second-order valence-corrected chi connectivity index (χ2v) is 4.95. The van der Waals surface area contributed by atoms with Gasteiger partial charge < -0.3 is 5.32 Å². The number of rotatable bonds is 1. The van der Waals surface area contributed by atoms with Crippen molar-refractivity contribution in [2.75, 3.05) is 6.54 Å². The maximum absolute atomic E-state index is 4.58. The summed E-state index contributed by atoms with van der Waals surface area (Å²) in [5.74, 6) is 0.909. The second-order valence-electron chi connectivity index (χ2n) is 4.10. The first-order valence-electron chi connectivity index (χ1n) is 5.59. The van der Waals surface area contributed by atoms with Crippen molar-refractivity contribution in [2.24, 2.45) is 0 Å². The molecule has 3 rings (SSSR count). The third-order valence-corrected chi connectivity index (χ3v) is 3.57. The van der Waals surface area contributed by atoms with Crippen LogP contribution in [0.5, 0.6) is 0 Å². The molecule has 16 heavy (non-hydrogen) atoms. The highest BCUT2D eigenvalue weighted by Gasteiger charge is 2.19. The molecule has 0 amide bonds. The van der Waals surface area contributed by atoms with E-state index in [-0.39, 0.29) is 0 Å². The molecule has 1 N–H and O–H groups in total. The molecule has 1 aliphatic heterocycles. The molecule has 2 aromatic rings. The second kappa shape index (κ2) is 4.14. The van der Waals surface area contributed by atoms with Crippen LogP contribution in [0.25, 0.3) is 5.65 Å². The molecule has 0 saturated carbocycles. The van der Waals surface area contributed by atoms with Gasteiger partial charge in [0.1, 0.15) is 0 Å². The molecule has 0 aliphatic carbocycles. The Balaban J connectivity index is 2.01. The van der Waals surface area contributed by atoms with Gasteiger partial charge >= 0.3 is 0 Å². The number of fused-ring (bicyclic) bond motifs is 1. The summed E-state index contributed by atoms with van der Waals surface area (Å²) in [7, 11) is 0. The lowest BCUT2D eigenvalue weighted by Crippen LogP contribution is -2.27. The molecule has 0 radical (unpaired) electrons. The van der Waals surface area contributed by atoms with Gasteiger partial charge in [-0.2, -0.15) is 0 Å². The molecule has 5 heteroatoms. The van der Waals surface area contributed by atoms with Gasteiger partial charge in [0, 0.05) is 6.20 Å². The molecule has 1 unspecified atom stereocenters. The van der Waals surface area contributed by atoms with E-state index in [9.17, 15) is 0 Å². The Morgan fingerprint density at radius 2 is 2.38 bits per heavy atom. The molecule has 0 bridgehead atoms. The number of pyridine rings is 1. The molecule has 1 aliphatic rings. The van der Waals surface area contributed by atoms with E-state index in [2.05, 4.69) is 31.3 Å². The van der Waals surface area contributed by atoms with E-state index in [1.54, 1.807) is 0 Å². The van der Waals surface area contributed by atoms with Crippen molar-refractivity contribution < 1.29 is 0 Å². The lowest BCUT2D eigenvalue weighted by Gasteiger charge is -2.20. The summed E-state index contributed by atoms with van der Waals surface area (Å²) >= 11 is 3.49. The van der Waals surface area contributed by atoms with Gasteiger partial charge in [0.05, 0.1) is 10.5 Å². The van der Waals surface area contributed by atoms with Crippen LogP contribution in [0.4, 0.5) is 0 Å². The summed E-state index contributed by atoms with van der Waals surface area (Å²) in [4.78, 5) is 4.58. The maximum atomic E-state index is 4.58. The zero-order valence-electron chi connectivity index (χ0n) is 8.86. The molecule has 2 aromatic heterocycles. The van der Waals surface area contributed by atoms with Gasteiger partial charge in [-0.25, -0.2) is 9.50 Å². The lowest BCUT2D eigenvalue weighted by atomic mass is 10.0. The smallest absolute Gasteiger partial charge is 0.169 e. The number of aromatic nitrogens is 3. The van der Waals surface area contributed by atoms with E-state index >= 15 is 0 Å². The highest BCUT2D eigenvalue weighted by Crippen LogP contribution is 2.22. The summed E-state index contributed by atoms with van der Waals surface area (Å²) in [6.07, 6.45) is 5.58. The number of halogens is 1. The number of piperidine rings is 1. The van der Waals surface area contributed by atoms with Crippen molar-refractivity contribution in [1.29, 1.82) is 0 Å². The van der Waals surface area contributed by atoms with Gasteiger partial charge in [0.2, 0.25) is 0 Å². The third kappa shape index (κ3) is 1.74.